The first kappa shape index (κ1) is 24.4. The quantitative estimate of drug-likeness (QED) is 0.546. The number of carbonyl (C=O) groups is 1. The van der Waals surface area contributed by atoms with Gasteiger partial charge in [0.1, 0.15) is 6.54 Å². The fourth-order valence-electron chi connectivity index (χ4n) is 4.39. The highest BCUT2D eigenvalue weighted by atomic mass is 32.2. The van der Waals surface area contributed by atoms with Gasteiger partial charge < -0.3 is 10.1 Å². The third-order valence-electron chi connectivity index (χ3n) is 6.20. The molecule has 9 nitrogen and oxygen atoms in total. The number of nitrogens with zero attached hydrogens (tertiary/aromatic N) is 2. The van der Waals surface area contributed by atoms with Crippen LogP contribution in [0.15, 0.2) is 76.5 Å². The third kappa shape index (κ3) is 4.39. The van der Waals surface area contributed by atoms with Gasteiger partial charge in [0, 0.05) is 29.9 Å². The van der Waals surface area contributed by atoms with Crippen LogP contribution in [0.25, 0.3) is 11.1 Å². The lowest BCUT2D eigenvalue weighted by molar-refractivity contribution is -0.114. The molecule has 11 heteroatoms. The van der Waals surface area contributed by atoms with Gasteiger partial charge in [-0.25, -0.2) is 16.8 Å². The first-order valence-electron chi connectivity index (χ1n) is 11.4. The molecule has 0 radical (unpaired) electrons. The molecule has 1 N–H and O–H groups in total. The summed E-state index contributed by atoms with van der Waals surface area (Å²) in [6.07, 6.45) is 0. The molecule has 2 aliphatic rings. The Bertz CT molecular complexity index is 1530. The Hall–Kier alpha value is -3.25. The highest BCUT2D eigenvalue weighted by Gasteiger charge is 2.36. The minimum atomic E-state index is -3.96. The molecule has 0 bridgehead atoms. The summed E-state index contributed by atoms with van der Waals surface area (Å²) in [5.74, 6) is -0.548. The van der Waals surface area contributed by atoms with Crippen LogP contribution in [-0.2, 0) is 29.6 Å². The number of benzene rings is 3. The van der Waals surface area contributed by atoms with Crippen LogP contribution in [-0.4, -0.2) is 59.9 Å². The molecule has 1 fully saturated rings. The standard InChI is InChI=1S/C25H25N3O6S2/c1-18-6-11-23-22(16-18)21-4-2-3-5-24(21)36(32,33)28(23)17-25(29)26-19-7-9-20(10-8-19)35(30,31)27-12-14-34-15-13-27/h2-11,16H,12-15,17H2,1H3,(H,26,29). The molecule has 2 aliphatic heterocycles. The predicted octanol–water partition coefficient (Wildman–Crippen LogP) is 2.83. The Morgan fingerprint density at radius 1 is 0.972 bits per heavy atom. The summed E-state index contributed by atoms with van der Waals surface area (Å²) in [5, 5.41) is 2.68. The largest absolute Gasteiger partial charge is 0.379 e. The molecular formula is C25H25N3O6S2. The lowest BCUT2D eigenvalue weighted by Gasteiger charge is -2.31. The lowest BCUT2D eigenvalue weighted by Crippen LogP contribution is -2.40. The lowest BCUT2D eigenvalue weighted by atomic mass is 10.0. The summed E-state index contributed by atoms with van der Waals surface area (Å²) >= 11 is 0. The summed E-state index contributed by atoms with van der Waals surface area (Å²) in [6.45, 7) is 2.76. The number of nitrogens with one attached hydrogen (secondary N) is 1. The Labute approximate surface area is 210 Å². The average molecular weight is 528 g/mol. The second-order valence-corrected chi connectivity index (χ2v) is 12.4. The summed E-state index contributed by atoms with van der Waals surface area (Å²) in [4.78, 5) is 13.2. The average Bonchev–Trinajstić information content (AvgIpc) is 2.88. The highest BCUT2D eigenvalue weighted by molar-refractivity contribution is 7.93. The van der Waals surface area contributed by atoms with Crippen molar-refractivity contribution in [1.82, 2.24) is 4.31 Å². The molecule has 0 atom stereocenters. The number of rotatable bonds is 5. The van der Waals surface area contributed by atoms with Gasteiger partial charge in [0.05, 0.1) is 28.7 Å². The molecule has 0 aromatic heterocycles. The molecule has 0 saturated carbocycles. The van der Waals surface area contributed by atoms with E-state index in [4.69, 9.17) is 4.74 Å². The zero-order chi connectivity index (χ0) is 25.5. The monoisotopic (exact) mass is 527 g/mol. The van der Waals surface area contributed by atoms with E-state index < -0.39 is 32.5 Å². The van der Waals surface area contributed by atoms with E-state index in [1.807, 2.05) is 13.0 Å². The SMILES string of the molecule is Cc1ccc2c(c1)-c1ccccc1S(=O)(=O)N2CC(=O)Nc1ccc(S(=O)(=O)N2CCOCC2)cc1. The number of fused-ring (bicyclic) bond motifs is 3. The van der Waals surface area contributed by atoms with Gasteiger partial charge in [0.25, 0.3) is 10.0 Å². The van der Waals surface area contributed by atoms with Gasteiger partial charge in [0.15, 0.2) is 0 Å². The minimum absolute atomic E-state index is 0.113. The smallest absolute Gasteiger partial charge is 0.265 e. The number of hydrogen-bond donors (Lipinski definition) is 1. The van der Waals surface area contributed by atoms with Gasteiger partial charge >= 0.3 is 0 Å². The summed E-state index contributed by atoms with van der Waals surface area (Å²) < 4.78 is 60.1. The number of ether oxygens (including phenoxy) is 1. The number of sulfonamides is 2. The number of morpholine rings is 1. The molecule has 188 valence electrons. The van der Waals surface area contributed by atoms with E-state index in [2.05, 4.69) is 5.32 Å². The molecule has 36 heavy (non-hydrogen) atoms. The molecule has 1 saturated heterocycles. The van der Waals surface area contributed by atoms with E-state index in [0.717, 1.165) is 15.4 Å². The zero-order valence-corrected chi connectivity index (χ0v) is 21.2. The number of hydrogen-bond acceptors (Lipinski definition) is 6. The van der Waals surface area contributed by atoms with E-state index in [-0.39, 0.29) is 22.9 Å². The van der Waals surface area contributed by atoms with Crippen LogP contribution in [0.4, 0.5) is 11.4 Å². The molecular weight excluding hydrogens is 502 g/mol. The van der Waals surface area contributed by atoms with E-state index in [9.17, 15) is 21.6 Å². The van der Waals surface area contributed by atoms with Crippen molar-refractivity contribution in [2.45, 2.75) is 16.7 Å². The van der Waals surface area contributed by atoms with Gasteiger partial charge in [-0.3, -0.25) is 9.10 Å². The van der Waals surface area contributed by atoms with Crippen molar-refractivity contribution < 1.29 is 26.4 Å². The minimum Gasteiger partial charge on any atom is -0.379 e. The maximum atomic E-state index is 13.4. The van der Waals surface area contributed by atoms with Crippen LogP contribution in [0.5, 0.6) is 0 Å². The molecule has 5 rings (SSSR count). The van der Waals surface area contributed by atoms with Crippen molar-refractivity contribution in [3.05, 3.63) is 72.3 Å². The van der Waals surface area contributed by atoms with Gasteiger partial charge in [-0.05, 0) is 49.4 Å². The summed E-state index contributed by atoms with van der Waals surface area (Å²) in [7, 11) is -7.62. The van der Waals surface area contributed by atoms with Crippen molar-refractivity contribution in [3.8, 4) is 11.1 Å². The van der Waals surface area contributed by atoms with Crippen LogP contribution in [0.2, 0.25) is 0 Å². The summed E-state index contributed by atoms with van der Waals surface area (Å²) in [5.41, 5.74) is 3.11. The van der Waals surface area contributed by atoms with Crippen LogP contribution < -0.4 is 9.62 Å². The maximum Gasteiger partial charge on any atom is 0.265 e. The second-order valence-electron chi connectivity index (χ2n) is 8.62. The molecule has 3 aromatic rings. The van der Waals surface area contributed by atoms with E-state index in [1.165, 1.54) is 34.6 Å². The van der Waals surface area contributed by atoms with E-state index in [1.54, 1.807) is 30.3 Å². The molecule has 1 amide bonds. The van der Waals surface area contributed by atoms with Gasteiger partial charge in [0.2, 0.25) is 15.9 Å². The van der Waals surface area contributed by atoms with Crippen LogP contribution in [0.1, 0.15) is 5.56 Å². The third-order valence-corrected chi connectivity index (χ3v) is 9.93. The number of anilines is 2. The Kier molecular flexibility index (Phi) is 6.33. The van der Waals surface area contributed by atoms with Crippen LogP contribution in [0, 0.1) is 6.92 Å². The predicted molar refractivity (Wildman–Crippen MR) is 136 cm³/mol. The summed E-state index contributed by atoms with van der Waals surface area (Å²) in [6, 6.07) is 18.0. The zero-order valence-electron chi connectivity index (χ0n) is 19.5. The number of amides is 1. The van der Waals surface area contributed by atoms with Gasteiger partial charge in [-0.15, -0.1) is 0 Å². The Morgan fingerprint density at radius 3 is 2.39 bits per heavy atom. The Morgan fingerprint density at radius 2 is 1.67 bits per heavy atom. The Balaban J connectivity index is 1.37. The fraction of sp³-hybridized carbons (Fsp3) is 0.240. The number of aryl methyl sites for hydroxylation is 1. The molecule has 0 unspecified atom stereocenters. The first-order chi connectivity index (χ1) is 17.2. The molecule has 0 spiro atoms. The van der Waals surface area contributed by atoms with Crippen molar-refractivity contribution >= 4 is 37.3 Å². The van der Waals surface area contributed by atoms with Crippen molar-refractivity contribution in [2.75, 3.05) is 42.5 Å². The van der Waals surface area contributed by atoms with Crippen LogP contribution in [0.3, 0.4) is 0 Å². The molecule has 2 heterocycles. The topological polar surface area (TPSA) is 113 Å². The number of carbonyl (C=O) groups excluding carboxylic acids is 1. The fourth-order valence-corrected chi connectivity index (χ4v) is 7.45. The van der Waals surface area contributed by atoms with Gasteiger partial charge in [-0.1, -0.05) is 29.8 Å². The van der Waals surface area contributed by atoms with Crippen molar-refractivity contribution in [3.63, 3.8) is 0 Å². The van der Waals surface area contributed by atoms with Crippen molar-refractivity contribution in [2.24, 2.45) is 0 Å². The second kappa shape index (κ2) is 9.32. The maximum absolute atomic E-state index is 13.4. The van der Waals surface area contributed by atoms with Crippen LogP contribution >= 0.6 is 0 Å². The van der Waals surface area contributed by atoms with E-state index in [0.29, 0.717) is 30.2 Å². The highest BCUT2D eigenvalue weighted by Crippen LogP contribution is 2.43. The van der Waals surface area contributed by atoms with E-state index >= 15 is 0 Å². The molecule has 3 aromatic carbocycles. The van der Waals surface area contributed by atoms with Gasteiger partial charge in [-0.2, -0.15) is 4.31 Å². The van der Waals surface area contributed by atoms with Crippen molar-refractivity contribution in [1.29, 1.82) is 0 Å². The molecule has 0 aliphatic carbocycles. The normalized spacial score (nSPS) is 17.2. The first-order valence-corrected chi connectivity index (χ1v) is 14.3.